The molecule has 0 heterocycles. The van der Waals surface area contributed by atoms with Gasteiger partial charge in [0.15, 0.2) is 11.6 Å². The highest BCUT2D eigenvalue weighted by Crippen LogP contribution is 2.24. The fourth-order valence-corrected chi connectivity index (χ4v) is 1.93. The average molecular weight is 233 g/mol. The van der Waals surface area contributed by atoms with Crippen LogP contribution in [0.5, 0.6) is 5.75 Å². The number of carbonyl (C=O) groups excluding carboxylic acids is 1. The van der Waals surface area contributed by atoms with Crippen molar-refractivity contribution >= 4 is 5.78 Å². The molecule has 0 radical (unpaired) electrons. The van der Waals surface area contributed by atoms with Crippen LogP contribution in [0.15, 0.2) is 18.2 Å². The van der Waals surface area contributed by atoms with Gasteiger partial charge in [0.1, 0.15) is 11.9 Å². The summed E-state index contributed by atoms with van der Waals surface area (Å²) in [6.07, 6.45) is 2.26. The minimum absolute atomic E-state index is 0.115. The lowest BCUT2D eigenvalue weighted by molar-refractivity contribution is -0.122. The molecule has 2 rings (SSSR count). The summed E-state index contributed by atoms with van der Waals surface area (Å²) >= 11 is 0. The van der Waals surface area contributed by atoms with Gasteiger partial charge in [-0.25, -0.2) is 4.39 Å². The SMILES string of the molecule is N#Cc1ccc(OC2CCCC(=O)C2)c(F)c1. The maximum atomic E-state index is 13.5. The smallest absolute Gasteiger partial charge is 0.166 e. The van der Waals surface area contributed by atoms with E-state index in [1.165, 1.54) is 12.1 Å². The highest BCUT2D eigenvalue weighted by molar-refractivity contribution is 5.79. The van der Waals surface area contributed by atoms with Gasteiger partial charge in [-0.1, -0.05) is 0 Å². The number of hydrogen-bond donors (Lipinski definition) is 0. The standard InChI is InChI=1S/C13H12FNO2/c14-12-6-9(8-15)4-5-13(12)17-11-3-1-2-10(16)7-11/h4-6,11H,1-3,7H2. The zero-order chi connectivity index (χ0) is 12.3. The molecule has 0 N–H and O–H groups in total. The van der Waals surface area contributed by atoms with Gasteiger partial charge in [0.25, 0.3) is 0 Å². The van der Waals surface area contributed by atoms with E-state index in [1.807, 2.05) is 6.07 Å². The minimum atomic E-state index is -0.554. The monoisotopic (exact) mass is 233 g/mol. The van der Waals surface area contributed by atoms with Crippen molar-refractivity contribution in [3.63, 3.8) is 0 Å². The first-order chi connectivity index (χ1) is 8.19. The molecular weight excluding hydrogens is 221 g/mol. The fraction of sp³-hybridized carbons (Fsp3) is 0.385. The largest absolute Gasteiger partial charge is 0.487 e. The fourth-order valence-electron chi connectivity index (χ4n) is 1.93. The molecule has 3 nitrogen and oxygen atoms in total. The number of ether oxygens (including phenoxy) is 1. The van der Waals surface area contributed by atoms with Gasteiger partial charge >= 0.3 is 0 Å². The molecule has 1 fully saturated rings. The first kappa shape index (κ1) is 11.6. The lowest BCUT2D eigenvalue weighted by Gasteiger charge is -2.22. The van der Waals surface area contributed by atoms with Crippen LogP contribution in [-0.4, -0.2) is 11.9 Å². The second-order valence-electron chi connectivity index (χ2n) is 4.13. The predicted molar refractivity (Wildman–Crippen MR) is 59.0 cm³/mol. The Morgan fingerprint density at radius 1 is 1.47 bits per heavy atom. The molecule has 0 amide bonds. The molecule has 88 valence electrons. The highest BCUT2D eigenvalue weighted by atomic mass is 19.1. The van der Waals surface area contributed by atoms with Gasteiger partial charge in [-0.2, -0.15) is 5.26 Å². The average Bonchev–Trinajstić information content (AvgIpc) is 2.32. The summed E-state index contributed by atoms with van der Waals surface area (Å²) in [5.41, 5.74) is 0.259. The number of rotatable bonds is 2. The van der Waals surface area contributed by atoms with Gasteiger partial charge in [0.05, 0.1) is 11.6 Å². The van der Waals surface area contributed by atoms with Gasteiger partial charge in [0.2, 0.25) is 0 Å². The van der Waals surface area contributed by atoms with E-state index < -0.39 is 5.82 Å². The topological polar surface area (TPSA) is 50.1 Å². The van der Waals surface area contributed by atoms with Crippen molar-refractivity contribution in [2.45, 2.75) is 31.8 Å². The first-order valence-electron chi connectivity index (χ1n) is 5.57. The van der Waals surface area contributed by atoms with E-state index in [4.69, 9.17) is 10.00 Å². The third-order valence-electron chi connectivity index (χ3n) is 2.79. The summed E-state index contributed by atoms with van der Waals surface area (Å²) in [5, 5.41) is 8.61. The van der Waals surface area contributed by atoms with E-state index in [9.17, 15) is 9.18 Å². The first-order valence-corrected chi connectivity index (χ1v) is 5.57. The maximum Gasteiger partial charge on any atom is 0.166 e. The van der Waals surface area contributed by atoms with Crippen LogP contribution < -0.4 is 4.74 Å². The number of halogens is 1. The van der Waals surface area contributed by atoms with Crippen LogP contribution in [0, 0.1) is 17.1 Å². The van der Waals surface area contributed by atoms with Crippen molar-refractivity contribution in [3.8, 4) is 11.8 Å². The van der Waals surface area contributed by atoms with E-state index in [0.29, 0.717) is 12.8 Å². The summed E-state index contributed by atoms with van der Waals surface area (Å²) < 4.78 is 19.0. The normalized spacial score (nSPS) is 19.8. The molecule has 0 aromatic heterocycles. The molecule has 0 spiro atoms. The second kappa shape index (κ2) is 4.96. The van der Waals surface area contributed by atoms with Crippen LogP contribution in [0.2, 0.25) is 0 Å². The summed E-state index contributed by atoms with van der Waals surface area (Å²) in [7, 11) is 0. The van der Waals surface area contributed by atoms with Crippen molar-refractivity contribution in [1.82, 2.24) is 0 Å². The molecule has 17 heavy (non-hydrogen) atoms. The second-order valence-corrected chi connectivity index (χ2v) is 4.13. The molecule has 0 bridgehead atoms. The predicted octanol–water partition coefficient (Wildman–Crippen LogP) is 2.59. The molecule has 1 aromatic carbocycles. The van der Waals surface area contributed by atoms with E-state index in [1.54, 1.807) is 0 Å². The molecule has 1 unspecified atom stereocenters. The Kier molecular flexibility index (Phi) is 3.38. The van der Waals surface area contributed by atoms with Crippen molar-refractivity contribution in [2.75, 3.05) is 0 Å². The number of ketones is 1. The Morgan fingerprint density at radius 3 is 2.94 bits per heavy atom. The van der Waals surface area contributed by atoms with Crippen molar-refractivity contribution in [1.29, 1.82) is 5.26 Å². The van der Waals surface area contributed by atoms with E-state index in [2.05, 4.69) is 0 Å². The zero-order valence-corrected chi connectivity index (χ0v) is 9.28. The summed E-state index contributed by atoms with van der Waals surface area (Å²) in [5.74, 6) is -0.277. The minimum Gasteiger partial charge on any atom is -0.487 e. The van der Waals surface area contributed by atoms with Gasteiger partial charge in [0, 0.05) is 12.8 Å². The van der Waals surface area contributed by atoms with Crippen molar-refractivity contribution < 1.29 is 13.9 Å². The maximum absolute atomic E-state index is 13.5. The number of Topliss-reactive ketones (excluding diaryl/α,β-unsaturated/α-hetero) is 1. The summed E-state index contributed by atoms with van der Waals surface area (Å²) in [6.45, 7) is 0. The van der Waals surface area contributed by atoms with Crippen LogP contribution in [-0.2, 0) is 4.79 Å². The molecule has 0 aliphatic heterocycles. The number of nitriles is 1. The molecule has 1 aliphatic carbocycles. The highest BCUT2D eigenvalue weighted by Gasteiger charge is 2.21. The molecule has 1 atom stereocenters. The third kappa shape index (κ3) is 2.82. The van der Waals surface area contributed by atoms with E-state index in [0.717, 1.165) is 18.9 Å². The van der Waals surface area contributed by atoms with E-state index >= 15 is 0 Å². The van der Waals surface area contributed by atoms with Crippen molar-refractivity contribution in [2.24, 2.45) is 0 Å². The summed E-state index contributed by atoms with van der Waals surface area (Å²) in [4.78, 5) is 11.2. The Balaban J connectivity index is 2.08. The van der Waals surface area contributed by atoms with Crippen LogP contribution in [0.1, 0.15) is 31.2 Å². The van der Waals surface area contributed by atoms with Gasteiger partial charge < -0.3 is 4.74 Å². The van der Waals surface area contributed by atoms with Gasteiger partial charge in [-0.15, -0.1) is 0 Å². The molecule has 1 saturated carbocycles. The Hall–Kier alpha value is -1.89. The number of benzene rings is 1. The summed E-state index contributed by atoms with van der Waals surface area (Å²) in [6, 6.07) is 5.94. The lowest BCUT2D eigenvalue weighted by atomic mass is 9.96. The Labute approximate surface area is 98.8 Å². The number of hydrogen-bond acceptors (Lipinski definition) is 3. The Bertz CT molecular complexity index is 479. The third-order valence-corrected chi connectivity index (χ3v) is 2.79. The van der Waals surface area contributed by atoms with Crippen LogP contribution in [0.4, 0.5) is 4.39 Å². The van der Waals surface area contributed by atoms with Crippen LogP contribution >= 0.6 is 0 Å². The van der Waals surface area contributed by atoms with E-state index in [-0.39, 0.29) is 23.2 Å². The van der Waals surface area contributed by atoms with Gasteiger partial charge in [-0.05, 0) is 31.0 Å². The van der Waals surface area contributed by atoms with Gasteiger partial charge in [-0.3, -0.25) is 4.79 Å². The van der Waals surface area contributed by atoms with Crippen molar-refractivity contribution in [3.05, 3.63) is 29.6 Å². The van der Waals surface area contributed by atoms with Crippen LogP contribution in [0.25, 0.3) is 0 Å². The molecule has 1 aliphatic rings. The van der Waals surface area contributed by atoms with Crippen LogP contribution in [0.3, 0.4) is 0 Å². The number of nitrogens with zero attached hydrogens (tertiary/aromatic N) is 1. The molecular formula is C13H12FNO2. The molecule has 0 saturated heterocycles. The molecule has 4 heteroatoms. The zero-order valence-electron chi connectivity index (χ0n) is 9.28. The lowest BCUT2D eigenvalue weighted by Crippen LogP contribution is -2.25. The number of carbonyl (C=O) groups is 1. The quantitative estimate of drug-likeness (QED) is 0.788. The Morgan fingerprint density at radius 2 is 2.29 bits per heavy atom. The molecule has 1 aromatic rings.